The number of primary amides is 1. The molecule has 0 saturated carbocycles. The monoisotopic (exact) mass is 464 g/mol. The van der Waals surface area contributed by atoms with Crippen molar-refractivity contribution in [1.82, 2.24) is 4.90 Å². The number of alkyl halides is 3. The van der Waals surface area contributed by atoms with Crippen molar-refractivity contribution in [3.8, 4) is 6.07 Å². The molecule has 2 atom stereocenters. The van der Waals surface area contributed by atoms with Gasteiger partial charge in [-0.25, -0.2) is 0 Å². The maximum Gasteiger partial charge on any atom is 0.417 e. The van der Waals surface area contributed by atoms with E-state index in [4.69, 9.17) is 11.0 Å². The fourth-order valence-corrected chi connectivity index (χ4v) is 5.33. The van der Waals surface area contributed by atoms with E-state index in [0.29, 0.717) is 44.7 Å². The van der Waals surface area contributed by atoms with Crippen molar-refractivity contribution in [2.24, 2.45) is 29.4 Å². The molecule has 1 aromatic rings. The van der Waals surface area contributed by atoms with E-state index < -0.39 is 29.1 Å². The highest BCUT2D eigenvalue weighted by molar-refractivity contribution is 5.82. The largest absolute Gasteiger partial charge is 0.417 e. The molecule has 2 saturated heterocycles. The highest BCUT2D eigenvalue weighted by Gasteiger charge is 2.44. The Morgan fingerprint density at radius 2 is 1.82 bits per heavy atom. The van der Waals surface area contributed by atoms with Crippen molar-refractivity contribution in [3.05, 3.63) is 29.3 Å². The van der Waals surface area contributed by atoms with Crippen molar-refractivity contribution in [2.45, 2.75) is 45.7 Å². The van der Waals surface area contributed by atoms with Crippen LogP contribution >= 0.6 is 0 Å². The lowest BCUT2D eigenvalue weighted by molar-refractivity contribution is -0.138. The average molecular weight is 465 g/mol. The van der Waals surface area contributed by atoms with Crippen molar-refractivity contribution in [2.75, 3.05) is 31.1 Å². The number of carbonyl (C=O) groups excluding carboxylic acids is 2. The SMILES string of the molecule is CCC(CC)C(=O)N1C[C@@H](C(N)=O)[C@H](C2CCN(c3ccc(C#N)c(C(F)(F)F)c3)CC2)C1. The zero-order valence-corrected chi connectivity index (χ0v) is 19.1. The van der Waals surface area contributed by atoms with Gasteiger partial charge in [-0.2, -0.15) is 18.4 Å². The Kier molecular flexibility index (Phi) is 7.55. The number of hydrogen-bond acceptors (Lipinski definition) is 4. The summed E-state index contributed by atoms with van der Waals surface area (Å²) in [6.07, 6.45) is -1.70. The summed E-state index contributed by atoms with van der Waals surface area (Å²) < 4.78 is 40.0. The second kappa shape index (κ2) is 10.0. The molecule has 1 aromatic carbocycles. The van der Waals surface area contributed by atoms with Gasteiger partial charge in [-0.1, -0.05) is 13.8 Å². The van der Waals surface area contributed by atoms with Crippen LogP contribution < -0.4 is 10.6 Å². The molecule has 2 N–H and O–H groups in total. The first kappa shape index (κ1) is 24.9. The Balaban J connectivity index is 1.70. The molecule has 0 bridgehead atoms. The number of piperidine rings is 1. The summed E-state index contributed by atoms with van der Waals surface area (Å²) in [6.45, 7) is 5.89. The minimum Gasteiger partial charge on any atom is -0.372 e. The van der Waals surface area contributed by atoms with Crippen LogP contribution in [-0.4, -0.2) is 42.9 Å². The van der Waals surface area contributed by atoms with Crippen molar-refractivity contribution >= 4 is 17.5 Å². The zero-order valence-electron chi connectivity index (χ0n) is 19.1. The van der Waals surface area contributed by atoms with Gasteiger partial charge in [0.25, 0.3) is 0 Å². The molecule has 0 spiro atoms. The van der Waals surface area contributed by atoms with Crippen molar-refractivity contribution in [1.29, 1.82) is 5.26 Å². The van der Waals surface area contributed by atoms with Gasteiger partial charge >= 0.3 is 6.18 Å². The third-order valence-corrected chi connectivity index (χ3v) is 7.32. The van der Waals surface area contributed by atoms with Gasteiger partial charge in [-0.15, -0.1) is 0 Å². The van der Waals surface area contributed by atoms with Gasteiger partial charge < -0.3 is 15.5 Å². The Morgan fingerprint density at radius 1 is 1.18 bits per heavy atom. The number of halogens is 3. The van der Waals surface area contributed by atoms with E-state index in [-0.39, 0.29) is 23.7 Å². The lowest BCUT2D eigenvalue weighted by Crippen LogP contribution is -2.40. The van der Waals surface area contributed by atoms with Crippen LogP contribution in [0.15, 0.2) is 18.2 Å². The molecule has 0 aliphatic carbocycles. The molecule has 3 rings (SSSR count). The molecular formula is C24H31F3N4O2. The maximum absolute atomic E-state index is 13.3. The van der Waals surface area contributed by atoms with E-state index in [9.17, 15) is 22.8 Å². The van der Waals surface area contributed by atoms with E-state index in [0.717, 1.165) is 18.9 Å². The van der Waals surface area contributed by atoms with Crippen LogP contribution in [0.4, 0.5) is 18.9 Å². The molecule has 0 aromatic heterocycles. The summed E-state index contributed by atoms with van der Waals surface area (Å²) >= 11 is 0. The van der Waals surface area contributed by atoms with Crippen LogP contribution in [0.5, 0.6) is 0 Å². The Hall–Kier alpha value is -2.76. The van der Waals surface area contributed by atoms with E-state index in [2.05, 4.69) is 0 Å². The van der Waals surface area contributed by atoms with Gasteiger partial charge in [-0.05, 0) is 55.7 Å². The van der Waals surface area contributed by atoms with Crippen LogP contribution in [0.3, 0.4) is 0 Å². The van der Waals surface area contributed by atoms with Gasteiger partial charge in [0.2, 0.25) is 11.8 Å². The van der Waals surface area contributed by atoms with Crippen LogP contribution in [0.2, 0.25) is 0 Å². The molecular weight excluding hydrogens is 433 g/mol. The molecule has 0 radical (unpaired) electrons. The first-order valence-corrected chi connectivity index (χ1v) is 11.5. The molecule has 2 aliphatic heterocycles. The number of amides is 2. The standard InChI is InChI=1S/C24H31F3N4O2/c1-3-15(4-2)23(33)31-13-19(20(14-31)22(29)32)16-7-9-30(10-8-16)18-6-5-17(12-28)21(11-18)24(25,26)27/h5-6,11,15-16,19-20H,3-4,7-10,13-14H2,1-2H3,(H2,29,32)/t19-,20+/m0/s1. The Bertz CT molecular complexity index is 915. The Morgan fingerprint density at radius 3 is 2.33 bits per heavy atom. The van der Waals surface area contributed by atoms with E-state index >= 15 is 0 Å². The van der Waals surface area contributed by atoms with Crippen molar-refractivity contribution < 1.29 is 22.8 Å². The zero-order chi connectivity index (χ0) is 24.3. The number of nitrogens with zero attached hydrogens (tertiary/aromatic N) is 3. The van der Waals surface area contributed by atoms with E-state index in [1.165, 1.54) is 6.07 Å². The van der Waals surface area contributed by atoms with Gasteiger partial charge in [0.05, 0.1) is 23.1 Å². The van der Waals surface area contributed by atoms with Gasteiger partial charge in [0.1, 0.15) is 0 Å². The third kappa shape index (κ3) is 5.26. The smallest absolute Gasteiger partial charge is 0.372 e. The molecule has 2 amide bonds. The van der Waals surface area contributed by atoms with Crippen LogP contribution in [0.1, 0.15) is 50.7 Å². The Labute approximate surface area is 192 Å². The molecule has 0 unspecified atom stereocenters. The van der Waals surface area contributed by atoms with Gasteiger partial charge in [0, 0.05) is 37.8 Å². The summed E-state index contributed by atoms with van der Waals surface area (Å²) in [5, 5.41) is 9.01. The van der Waals surface area contributed by atoms with Crippen LogP contribution in [0.25, 0.3) is 0 Å². The number of likely N-dealkylation sites (tertiary alicyclic amines) is 1. The number of nitriles is 1. The molecule has 33 heavy (non-hydrogen) atoms. The van der Waals surface area contributed by atoms with Crippen LogP contribution in [0, 0.1) is 35.0 Å². The van der Waals surface area contributed by atoms with Crippen molar-refractivity contribution in [3.63, 3.8) is 0 Å². The lowest BCUT2D eigenvalue weighted by atomic mass is 9.78. The molecule has 180 valence electrons. The lowest BCUT2D eigenvalue weighted by Gasteiger charge is -2.37. The number of rotatable bonds is 6. The number of nitrogens with two attached hydrogens (primary N) is 1. The summed E-state index contributed by atoms with van der Waals surface area (Å²) in [7, 11) is 0. The van der Waals surface area contributed by atoms with Gasteiger partial charge in [0.15, 0.2) is 0 Å². The highest BCUT2D eigenvalue weighted by atomic mass is 19.4. The molecule has 2 aliphatic rings. The highest BCUT2D eigenvalue weighted by Crippen LogP contribution is 2.39. The van der Waals surface area contributed by atoms with Gasteiger partial charge in [-0.3, -0.25) is 9.59 Å². The summed E-state index contributed by atoms with van der Waals surface area (Å²) in [5.41, 5.74) is 4.80. The quantitative estimate of drug-likeness (QED) is 0.694. The predicted molar refractivity (Wildman–Crippen MR) is 118 cm³/mol. The fourth-order valence-electron chi connectivity index (χ4n) is 5.33. The van der Waals surface area contributed by atoms with Crippen LogP contribution in [-0.2, 0) is 15.8 Å². The summed E-state index contributed by atoms with van der Waals surface area (Å²) in [5.74, 6) is -0.647. The predicted octanol–water partition coefficient (Wildman–Crippen LogP) is 3.79. The molecule has 9 heteroatoms. The first-order chi connectivity index (χ1) is 15.6. The number of anilines is 1. The fraction of sp³-hybridized carbons (Fsp3) is 0.625. The number of carbonyl (C=O) groups is 2. The third-order valence-electron chi connectivity index (χ3n) is 7.32. The second-order valence-electron chi connectivity index (χ2n) is 9.09. The summed E-state index contributed by atoms with van der Waals surface area (Å²) in [4.78, 5) is 28.7. The number of benzene rings is 1. The van der Waals surface area contributed by atoms with E-state index in [1.807, 2.05) is 18.7 Å². The minimum absolute atomic E-state index is 0.0327. The average Bonchev–Trinajstić information content (AvgIpc) is 3.25. The molecule has 2 fully saturated rings. The summed E-state index contributed by atoms with van der Waals surface area (Å²) in [6, 6.07) is 5.41. The normalized spacial score (nSPS) is 22.0. The molecule has 6 nitrogen and oxygen atoms in total. The topological polar surface area (TPSA) is 90.4 Å². The first-order valence-electron chi connectivity index (χ1n) is 11.5. The van der Waals surface area contributed by atoms with E-state index in [1.54, 1.807) is 17.0 Å². The second-order valence-corrected chi connectivity index (χ2v) is 9.09. The minimum atomic E-state index is -4.59. The molecule has 2 heterocycles. The number of hydrogen-bond donors (Lipinski definition) is 1. The maximum atomic E-state index is 13.3.